The van der Waals surface area contributed by atoms with Gasteiger partial charge in [0.2, 0.25) is 0 Å². The zero-order valence-electron chi connectivity index (χ0n) is 9.45. The van der Waals surface area contributed by atoms with E-state index >= 15 is 0 Å². The van der Waals surface area contributed by atoms with Gasteiger partial charge in [-0.1, -0.05) is 23.2 Å². The second kappa shape index (κ2) is 4.84. The molecule has 1 aliphatic rings. The van der Waals surface area contributed by atoms with E-state index < -0.39 is 0 Å². The Morgan fingerprint density at radius 3 is 2.94 bits per heavy atom. The predicted molar refractivity (Wildman–Crippen MR) is 70.2 cm³/mol. The van der Waals surface area contributed by atoms with E-state index in [9.17, 15) is 0 Å². The van der Waals surface area contributed by atoms with Crippen molar-refractivity contribution in [1.82, 2.24) is 5.32 Å². The third-order valence-corrected chi connectivity index (χ3v) is 3.63. The minimum Gasteiger partial charge on any atom is -0.481 e. The molecule has 1 aliphatic heterocycles. The molecule has 18 heavy (non-hydrogen) atoms. The van der Waals surface area contributed by atoms with E-state index in [-0.39, 0.29) is 6.10 Å². The molecule has 2 heterocycles. The third kappa shape index (κ3) is 2.21. The fraction of sp³-hybridized carbons (Fsp3) is 0.231. The normalized spacial score (nSPS) is 18.4. The van der Waals surface area contributed by atoms with Gasteiger partial charge in [-0.25, -0.2) is 0 Å². The van der Waals surface area contributed by atoms with Gasteiger partial charge in [0.1, 0.15) is 11.5 Å². The van der Waals surface area contributed by atoms with Crippen LogP contribution in [-0.4, -0.2) is 6.54 Å². The van der Waals surface area contributed by atoms with Crippen molar-refractivity contribution in [3.63, 3.8) is 0 Å². The average Bonchev–Trinajstić information content (AvgIpc) is 2.83. The van der Waals surface area contributed by atoms with Gasteiger partial charge < -0.3 is 14.5 Å². The molecule has 0 saturated carbocycles. The lowest BCUT2D eigenvalue weighted by atomic mass is 10.1. The summed E-state index contributed by atoms with van der Waals surface area (Å²) in [6.07, 6.45) is 1.55. The quantitative estimate of drug-likeness (QED) is 0.910. The number of hydrogen-bond acceptors (Lipinski definition) is 3. The first-order chi connectivity index (χ1) is 8.74. The van der Waals surface area contributed by atoms with Gasteiger partial charge in [-0.15, -0.1) is 0 Å². The molecular weight excluding hydrogens is 273 g/mol. The molecule has 5 heteroatoms. The highest BCUT2D eigenvalue weighted by molar-refractivity contribution is 6.42. The summed E-state index contributed by atoms with van der Waals surface area (Å²) in [6, 6.07) is 7.18. The lowest BCUT2D eigenvalue weighted by Gasteiger charge is -2.23. The highest BCUT2D eigenvalue weighted by Gasteiger charge is 2.24. The molecule has 1 N–H and O–H groups in total. The van der Waals surface area contributed by atoms with Crippen LogP contribution in [0.5, 0.6) is 5.75 Å². The maximum Gasteiger partial charge on any atom is 0.169 e. The maximum absolute atomic E-state index is 5.96. The Kier molecular flexibility index (Phi) is 3.20. The van der Waals surface area contributed by atoms with E-state index in [4.69, 9.17) is 32.4 Å². The maximum atomic E-state index is 5.96. The molecule has 0 spiro atoms. The van der Waals surface area contributed by atoms with Gasteiger partial charge in [-0.05, 0) is 18.2 Å². The Balaban J connectivity index is 1.84. The van der Waals surface area contributed by atoms with Gasteiger partial charge in [0, 0.05) is 24.7 Å². The van der Waals surface area contributed by atoms with Crippen molar-refractivity contribution in [2.45, 2.75) is 12.6 Å². The number of rotatable bonds is 2. The van der Waals surface area contributed by atoms with Crippen LogP contribution in [0.15, 0.2) is 34.9 Å². The molecule has 2 aromatic rings. The predicted octanol–water partition coefficient (Wildman–Crippen LogP) is 3.81. The van der Waals surface area contributed by atoms with Crippen LogP contribution in [0.25, 0.3) is 0 Å². The van der Waals surface area contributed by atoms with Crippen molar-refractivity contribution in [3.8, 4) is 5.75 Å². The van der Waals surface area contributed by atoms with Gasteiger partial charge in [-0.3, -0.25) is 0 Å². The highest BCUT2D eigenvalue weighted by atomic mass is 35.5. The molecule has 3 nitrogen and oxygen atoms in total. The summed E-state index contributed by atoms with van der Waals surface area (Å²) in [4.78, 5) is 0. The number of hydrogen-bond donors (Lipinski definition) is 1. The molecule has 1 aromatic carbocycles. The first kappa shape index (κ1) is 11.9. The minimum atomic E-state index is -0.138. The summed E-state index contributed by atoms with van der Waals surface area (Å²) in [5, 5.41) is 4.28. The summed E-state index contributed by atoms with van der Waals surface area (Å²) in [6.45, 7) is 1.52. The fourth-order valence-corrected chi connectivity index (χ4v) is 2.30. The van der Waals surface area contributed by atoms with Crippen LogP contribution >= 0.6 is 23.2 Å². The SMILES string of the molecule is Clc1ccc(OC2CNCc3ccoc32)cc1Cl. The van der Waals surface area contributed by atoms with Crippen molar-refractivity contribution in [2.24, 2.45) is 0 Å². The molecule has 0 saturated heterocycles. The Labute approximate surface area is 115 Å². The Hall–Kier alpha value is -1.16. The van der Waals surface area contributed by atoms with Gasteiger partial charge in [0.15, 0.2) is 6.10 Å². The number of halogens is 2. The van der Waals surface area contributed by atoms with Gasteiger partial charge in [-0.2, -0.15) is 0 Å². The van der Waals surface area contributed by atoms with Crippen molar-refractivity contribution in [3.05, 3.63) is 51.9 Å². The van der Waals surface area contributed by atoms with Crippen LogP contribution in [0, 0.1) is 0 Å². The van der Waals surface area contributed by atoms with Crippen LogP contribution in [0.1, 0.15) is 17.4 Å². The molecule has 1 atom stereocenters. The molecule has 0 radical (unpaired) electrons. The first-order valence-corrected chi connectivity index (χ1v) is 6.38. The van der Waals surface area contributed by atoms with Gasteiger partial charge in [0.25, 0.3) is 0 Å². The Morgan fingerprint density at radius 1 is 1.22 bits per heavy atom. The second-order valence-corrected chi connectivity index (χ2v) is 4.94. The van der Waals surface area contributed by atoms with E-state index in [1.165, 1.54) is 0 Å². The van der Waals surface area contributed by atoms with E-state index in [0.717, 1.165) is 17.9 Å². The molecule has 0 aliphatic carbocycles. The molecule has 0 amide bonds. The number of nitrogens with one attached hydrogen (secondary N) is 1. The molecule has 94 valence electrons. The smallest absolute Gasteiger partial charge is 0.169 e. The summed E-state index contributed by atoms with van der Waals surface area (Å²) in [7, 11) is 0. The van der Waals surface area contributed by atoms with Crippen molar-refractivity contribution in [2.75, 3.05) is 6.54 Å². The molecular formula is C13H11Cl2NO2. The molecule has 0 fully saturated rings. The molecule has 1 aromatic heterocycles. The van der Waals surface area contributed by atoms with Gasteiger partial charge in [0.05, 0.1) is 16.3 Å². The van der Waals surface area contributed by atoms with Gasteiger partial charge >= 0.3 is 0 Å². The van der Waals surface area contributed by atoms with Crippen LogP contribution in [0.4, 0.5) is 0 Å². The number of fused-ring (bicyclic) bond motifs is 1. The minimum absolute atomic E-state index is 0.138. The Bertz CT molecular complexity index is 568. The van der Waals surface area contributed by atoms with Crippen molar-refractivity contribution >= 4 is 23.2 Å². The standard InChI is InChI=1S/C13H11Cl2NO2/c14-10-2-1-9(5-11(10)15)18-12-7-16-6-8-3-4-17-13(8)12/h1-5,12,16H,6-7H2. The van der Waals surface area contributed by atoms with Crippen molar-refractivity contribution in [1.29, 1.82) is 0 Å². The second-order valence-electron chi connectivity index (χ2n) is 4.12. The van der Waals surface area contributed by atoms with E-state index in [2.05, 4.69) is 5.32 Å². The molecule has 1 unspecified atom stereocenters. The summed E-state index contributed by atoms with van der Waals surface area (Å²) >= 11 is 11.8. The summed E-state index contributed by atoms with van der Waals surface area (Å²) < 4.78 is 11.3. The van der Waals surface area contributed by atoms with E-state index in [1.54, 1.807) is 24.5 Å². The molecule has 3 rings (SSSR count). The highest BCUT2D eigenvalue weighted by Crippen LogP contribution is 2.31. The van der Waals surface area contributed by atoms with E-state index in [1.807, 2.05) is 6.07 Å². The molecule has 0 bridgehead atoms. The van der Waals surface area contributed by atoms with Crippen LogP contribution in [0.2, 0.25) is 10.0 Å². The average molecular weight is 284 g/mol. The third-order valence-electron chi connectivity index (χ3n) is 2.89. The number of ether oxygens (including phenoxy) is 1. The number of furan rings is 1. The number of benzene rings is 1. The summed E-state index contributed by atoms with van der Waals surface area (Å²) in [5.41, 5.74) is 1.13. The van der Waals surface area contributed by atoms with E-state index in [0.29, 0.717) is 22.3 Å². The van der Waals surface area contributed by atoms with Crippen molar-refractivity contribution < 1.29 is 9.15 Å². The largest absolute Gasteiger partial charge is 0.481 e. The first-order valence-electron chi connectivity index (χ1n) is 5.63. The van der Waals surface area contributed by atoms with Crippen LogP contribution < -0.4 is 10.1 Å². The van der Waals surface area contributed by atoms with Crippen LogP contribution in [0.3, 0.4) is 0 Å². The van der Waals surface area contributed by atoms with Crippen LogP contribution in [-0.2, 0) is 6.54 Å². The Morgan fingerprint density at radius 2 is 2.11 bits per heavy atom. The monoisotopic (exact) mass is 283 g/mol. The summed E-state index contributed by atoms with van der Waals surface area (Å²) in [5.74, 6) is 1.56. The topological polar surface area (TPSA) is 34.4 Å². The lowest BCUT2D eigenvalue weighted by Crippen LogP contribution is -2.30. The zero-order valence-corrected chi connectivity index (χ0v) is 11.0. The fourth-order valence-electron chi connectivity index (χ4n) is 2.02. The lowest BCUT2D eigenvalue weighted by molar-refractivity contribution is 0.162. The zero-order chi connectivity index (χ0) is 12.5.